The highest BCUT2D eigenvalue weighted by atomic mass is 32.2. The van der Waals surface area contributed by atoms with Crippen molar-refractivity contribution < 1.29 is 13.2 Å². The highest BCUT2D eigenvalue weighted by molar-refractivity contribution is 7.90. The summed E-state index contributed by atoms with van der Waals surface area (Å²) < 4.78 is 26.4. The van der Waals surface area contributed by atoms with Gasteiger partial charge in [0.05, 0.1) is 10.7 Å². The highest BCUT2D eigenvalue weighted by Gasteiger charge is 2.54. The van der Waals surface area contributed by atoms with Crippen LogP contribution in [0.25, 0.3) is 0 Å². The molecule has 1 N–H and O–H groups in total. The number of hydrogen-bond acceptors (Lipinski definition) is 3. The minimum atomic E-state index is -3.13. The summed E-state index contributed by atoms with van der Waals surface area (Å²) in [6, 6.07) is 10.1. The molecule has 1 saturated carbocycles. The Kier molecular flexibility index (Phi) is 3.50. The fourth-order valence-electron chi connectivity index (χ4n) is 4.14. The normalized spacial score (nSPS) is 28.0. The molecule has 6 heteroatoms. The Morgan fingerprint density at radius 1 is 1.09 bits per heavy atom. The molecule has 1 aromatic carbocycles. The quantitative estimate of drug-likeness (QED) is 0.910. The van der Waals surface area contributed by atoms with Crippen LogP contribution in [0.5, 0.6) is 0 Å². The zero-order valence-electron chi connectivity index (χ0n) is 13.1. The van der Waals surface area contributed by atoms with Crippen LogP contribution in [0.3, 0.4) is 0 Å². The lowest BCUT2D eigenvalue weighted by molar-refractivity contribution is -0.130. The van der Waals surface area contributed by atoms with E-state index in [2.05, 4.69) is 17.4 Å². The molecule has 3 fully saturated rings. The van der Waals surface area contributed by atoms with E-state index in [0.29, 0.717) is 32.5 Å². The summed E-state index contributed by atoms with van der Waals surface area (Å²) in [4.78, 5) is 12.6. The second kappa shape index (κ2) is 5.31. The van der Waals surface area contributed by atoms with Crippen LogP contribution in [0.1, 0.15) is 37.2 Å². The summed E-state index contributed by atoms with van der Waals surface area (Å²) in [7, 11) is -3.13. The molecule has 1 spiro atoms. The third-order valence-corrected chi connectivity index (χ3v) is 8.11. The Hall–Kier alpha value is -1.40. The summed E-state index contributed by atoms with van der Waals surface area (Å²) >= 11 is 0. The van der Waals surface area contributed by atoms with Crippen molar-refractivity contribution in [3.8, 4) is 0 Å². The molecule has 23 heavy (non-hydrogen) atoms. The van der Waals surface area contributed by atoms with Crippen LogP contribution in [-0.2, 0) is 14.8 Å². The predicted octanol–water partition coefficient (Wildman–Crippen LogP) is 1.47. The van der Waals surface area contributed by atoms with Crippen LogP contribution in [0.15, 0.2) is 30.3 Å². The summed E-state index contributed by atoms with van der Waals surface area (Å²) in [5.41, 5.74) is 0.723. The molecular formula is C17H22N2O3S. The standard InChI is InChI=1S/C17H22N2O3S/c20-16-17(15(12-18-16)13-4-2-1-3-5-13)8-10-19(11-9-17)23(21,22)14-6-7-14/h1-5,14-15H,6-12H2,(H,18,20). The number of hydrogen-bond donors (Lipinski definition) is 1. The summed E-state index contributed by atoms with van der Waals surface area (Å²) in [5, 5.41) is 2.84. The molecule has 0 aromatic heterocycles. The van der Waals surface area contributed by atoms with Gasteiger partial charge in [0.15, 0.2) is 0 Å². The Morgan fingerprint density at radius 2 is 1.74 bits per heavy atom. The van der Waals surface area contributed by atoms with Crippen LogP contribution in [0.4, 0.5) is 0 Å². The summed E-state index contributed by atoms with van der Waals surface area (Å²) in [6.45, 7) is 1.59. The third kappa shape index (κ3) is 2.39. The maximum atomic E-state index is 12.6. The minimum Gasteiger partial charge on any atom is -0.355 e. The Balaban J connectivity index is 1.57. The molecule has 1 aromatic rings. The molecule has 1 aliphatic carbocycles. The van der Waals surface area contributed by atoms with E-state index in [0.717, 1.165) is 12.8 Å². The Morgan fingerprint density at radius 3 is 2.35 bits per heavy atom. The average molecular weight is 334 g/mol. The van der Waals surface area contributed by atoms with Gasteiger partial charge in [-0.2, -0.15) is 0 Å². The number of carbonyl (C=O) groups is 1. The van der Waals surface area contributed by atoms with Crippen molar-refractivity contribution >= 4 is 15.9 Å². The molecule has 2 heterocycles. The second-order valence-corrected chi connectivity index (χ2v) is 9.19. The SMILES string of the molecule is O=C1NCC(c2ccccc2)C12CCN(S(=O)(=O)C1CC1)CC2. The maximum absolute atomic E-state index is 12.6. The van der Waals surface area contributed by atoms with Crippen LogP contribution < -0.4 is 5.32 Å². The molecule has 5 nitrogen and oxygen atoms in total. The van der Waals surface area contributed by atoms with Crippen molar-refractivity contribution in [3.63, 3.8) is 0 Å². The zero-order valence-corrected chi connectivity index (χ0v) is 13.9. The van der Waals surface area contributed by atoms with Crippen molar-refractivity contribution in [2.45, 2.75) is 36.9 Å². The molecular weight excluding hydrogens is 312 g/mol. The van der Waals surface area contributed by atoms with E-state index < -0.39 is 15.4 Å². The molecule has 0 bridgehead atoms. The fraction of sp³-hybridized carbons (Fsp3) is 0.588. The lowest BCUT2D eigenvalue weighted by atomic mass is 9.68. The van der Waals surface area contributed by atoms with Crippen LogP contribution >= 0.6 is 0 Å². The van der Waals surface area contributed by atoms with Gasteiger partial charge in [-0.25, -0.2) is 12.7 Å². The monoisotopic (exact) mass is 334 g/mol. The number of piperidine rings is 1. The molecule has 2 saturated heterocycles. The number of rotatable bonds is 3. The number of nitrogens with one attached hydrogen (secondary N) is 1. The van der Waals surface area contributed by atoms with Crippen molar-refractivity contribution in [1.82, 2.24) is 9.62 Å². The summed E-state index contributed by atoms with van der Waals surface area (Å²) in [5.74, 6) is 0.233. The molecule has 4 rings (SSSR count). The maximum Gasteiger partial charge on any atom is 0.227 e. The topological polar surface area (TPSA) is 66.5 Å². The Labute approximate surface area is 137 Å². The molecule has 1 atom stereocenters. The van der Waals surface area contributed by atoms with Gasteiger partial charge in [0.25, 0.3) is 0 Å². The molecule has 0 radical (unpaired) electrons. The van der Waals surface area contributed by atoms with E-state index in [1.54, 1.807) is 4.31 Å². The van der Waals surface area contributed by atoms with E-state index in [1.807, 2.05) is 18.2 Å². The molecule has 1 amide bonds. The van der Waals surface area contributed by atoms with Crippen molar-refractivity contribution in [2.24, 2.45) is 5.41 Å². The number of sulfonamides is 1. The molecule has 2 aliphatic heterocycles. The van der Waals surface area contributed by atoms with E-state index >= 15 is 0 Å². The first kappa shape index (κ1) is 15.1. The molecule has 3 aliphatic rings. The van der Waals surface area contributed by atoms with Gasteiger partial charge in [-0.1, -0.05) is 30.3 Å². The molecule has 1 unspecified atom stereocenters. The second-order valence-electron chi connectivity index (χ2n) is 6.97. The van der Waals surface area contributed by atoms with Gasteiger partial charge in [0.2, 0.25) is 15.9 Å². The van der Waals surface area contributed by atoms with Crippen molar-refractivity contribution in [2.75, 3.05) is 19.6 Å². The minimum absolute atomic E-state index is 0.0924. The Bertz CT molecular complexity index is 705. The van der Waals surface area contributed by atoms with Crippen LogP contribution in [-0.4, -0.2) is 43.5 Å². The van der Waals surface area contributed by atoms with Crippen LogP contribution in [0.2, 0.25) is 0 Å². The van der Waals surface area contributed by atoms with E-state index in [-0.39, 0.29) is 17.1 Å². The summed E-state index contributed by atoms with van der Waals surface area (Å²) in [6.07, 6.45) is 2.81. The van der Waals surface area contributed by atoms with Crippen LogP contribution in [0, 0.1) is 5.41 Å². The van der Waals surface area contributed by atoms with Gasteiger partial charge in [0.1, 0.15) is 0 Å². The van der Waals surface area contributed by atoms with E-state index in [1.165, 1.54) is 5.56 Å². The van der Waals surface area contributed by atoms with E-state index in [4.69, 9.17) is 0 Å². The van der Waals surface area contributed by atoms with Gasteiger partial charge in [0, 0.05) is 25.6 Å². The number of nitrogens with zero attached hydrogens (tertiary/aromatic N) is 1. The lowest BCUT2D eigenvalue weighted by Crippen LogP contribution is -2.48. The first-order valence-corrected chi connectivity index (χ1v) is 9.86. The lowest BCUT2D eigenvalue weighted by Gasteiger charge is -2.40. The average Bonchev–Trinajstić information content (AvgIpc) is 3.38. The van der Waals surface area contributed by atoms with Gasteiger partial charge in [-0.05, 0) is 31.2 Å². The predicted molar refractivity (Wildman–Crippen MR) is 87.4 cm³/mol. The van der Waals surface area contributed by atoms with Crippen molar-refractivity contribution in [1.29, 1.82) is 0 Å². The van der Waals surface area contributed by atoms with Crippen molar-refractivity contribution in [3.05, 3.63) is 35.9 Å². The first-order chi connectivity index (χ1) is 11.0. The van der Waals surface area contributed by atoms with Gasteiger partial charge >= 0.3 is 0 Å². The molecule has 124 valence electrons. The van der Waals surface area contributed by atoms with E-state index in [9.17, 15) is 13.2 Å². The number of amides is 1. The largest absolute Gasteiger partial charge is 0.355 e. The first-order valence-electron chi connectivity index (χ1n) is 8.36. The van der Waals surface area contributed by atoms with Gasteiger partial charge in [-0.3, -0.25) is 4.79 Å². The zero-order chi connectivity index (χ0) is 16.1. The smallest absolute Gasteiger partial charge is 0.227 e. The van der Waals surface area contributed by atoms with Gasteiger partial charge in [-0.15, -0.1) is 0 Å². The highest BCUT2D eigenvalue weighted by Crippen LogP contribution is 2.48. The number of benzene rings is 1. The number of carbonyl (C=O) groups excluding carboxylic acids is 1. The van der Waals surface area contributed by atoms with Gasteiger partial charge < -0.3 is 5.32 Å². The third-order valence-electron chi connectivity index (χ3n) is 5.71. The fourth-order valence-corrected chi connectivity index (χ4v) is 5.98.